The van der Waals surface area contributed by atoms with Gasteiger partial charge in [-0.2, -0.15) is 11.8 Å². The van der Waals surface area contributed by atoms with Gasteiger partial charge in [0, 0.05) is 17.1 Å². The molecule has 1 amide bonds. The van der Waals surface area contributed by atoms with Crippen molar-refractivity contribution in [1.29, 1.82) is 0 Å². The van der Waals surface area contributed by atoms with E-state index < -0.39 is 0 Å². The highest BCUT2D eigenvalue weighted by molar-refractivity contribution is 7.98. The quantitative estimate of drug-likeness (QED) is 0.385. The molecule has 1 aliphatic carbocycles. The lowest BCUT2D eigenvalue weighted by molar-refractivity contribution is -0.115. The van der Waals surface area contributed by atoms with Crippen molar-refractivity contribution in [3.63, 3.8) is 0 Å². The van der Waals surface area contributed by atoms with Gasteiger partial charge in [0.1, 0.15) is 10.7 Å². The number of carbonyl (C=O) groups excluding carboxylic acids is 1. The molecule has 0 fully saturated rings. The van der Waals surface area contributed by atoms with Crippen LogP contribution in [0.4, 0.5) is 5.13 Å². The number of amides is 1. The number of aryl methyl sites for hydroxylation is 3. The van der Waals surface area contributed by atoms with Gasteiger partial charge in [-0.25, -0.2) is 9.97 Å². The maximum atomic E-state index is 12.6. The van der Waals surface area contributed by atoms with E-state index >= 15 is 0 Å². The first-order valence-electron chi connectivity index (χ1n) is 10.3. The molecular weight excluding hydrogens is 448 g/mol. The van der Waals surface area contributed by atoms with Crippen LogP contribution < -0.4 is 10.9 Å². The first kappa shape index (κ1) is 20.7. The summed E-state index contributed by atoms with van der Waals surface area (Å²) in [5.74, 6) is 1.87. The van der Waals surface area contributed by atoms with E-state index in [0.717, 1.165) is 39.7 Å². The van der Waals surface area contributed by atoms with Gasteiger partial charge in [0.25, 0.3) is 5.56 Å². The molecule has 0 unspecified atom stereocenters. The van der Waals surface area contributed by atoms with Gasteiger partial charge in [-0.3, -0.25) is 9.59 Å². The van der Waals surface area contributed by atoms with Crippen molar-refractivity contribution >= 4 is 65.9 Å². The summed E-state index contributed by atoms with van der Waals surface area (Å²) in [6.07, 6.45) is 4.77. The Balaban J connectivity index is 1.17. The van der Waals surface area contributed by atoms with Crippen molar-refractivity contribution in [3.05, 3.63) is 50.4 Å². The van der Waals surface area contributed by atoms with Gasteiger partial charge in [-0.1, -0.05) is 17.4 Å². The smallest absolute Gasteiger partial charge is 0.259 e. The largest absolute Gasteiger partial charge is 0.309 e. The zero-order valence-electron chi connectivity index (χ0n) is 17.1. The summed E-state index contributed by atoms with van der Waals surface area (Å²) < 4.78 is 1.07. The molecule has 0 saturated carbocycles. The van der Waals surface area contributed by atoms with Gasteiger partial charge in [0.15, 0.2) is 5.13 Å². The van der Waals surface area contributed by atoms with Gasteiger partial charge in [0.05, 0.1) is 21.4 Å². The topological polar surface area (TPSA) is 87.7 Å². The molecule has 160 valence electrons. The number of rotatable bonds is 6. The van der Waals surface area contributed by atoms with Crippen molar-refractivity contribution in [2.24, 2.45) is 0 Å². The van der Waals surface area contributed by atoms with Crippen LogP contribution >= 0.6 is 34.4 Å². The third kappa shape index (κ3) is 4.40. The number of hydrogen-bond donors (Lipinski definition) is 2. The van der Waals surface area contributed by atoms with Crippen LogP contribution in [0, 0.1) is 6.92 Å². The highest BCUT2D eigenvalue weighted by atomic mass is 32.2. The van der Waals surface area contributed by atoms with E-state index in [1.165, 1.54) is 33.8 Å². The van der Waals surface area contributed by atoms with Crippen molar-refractivity contribution < 1.29 is 4.79 Å². The molecule has 6 nitrogen and oxygen atoms in total. The number of thioether (sulfide) groups is 1. The Labute approximate surface area is 191 Å². The summed E-state index contributed by atoms with van der Waals surface area (Å²) in [6, 6.07) is 6.07. The number of hydrogen-bond acceptors (Lipinski definition) is 7. The Bertz CT molecular complexity index is 1340. The number of aromatic amines is 1. The van der Waals surface area contributed by atoms with Gasteiger partial charge in [0.2, 0.25) is 5.91 Å². The average molecular weight is 471 g/mol. The molecule has 1 aliphatic rings. The molecule has 9 heteroatoms. The van der Waals surface area contributed by atoms with Crippen LogP contribution in [0.25, 0.3) is 20.4 Å². The van der Waals surface area contributed by atoms with Crippen LogP contribution in [0.5, 0.6) is 0 Å². The minimum atomic E-state index is -0.0499. The van der Waals surface area contributed by atoms with E-state index in [9.17, 15) is 9.59 Å². The minimum Gasteiger partial charge on any atom is -0.309 e. The normalized spacial score (nSPS) is 13.6. The van der Waals surface area contributed by atoms with Gasteiger partial charge in [-0.15, -0.1) is 11.3 Å². The molecule has 3 heterocycles. The lowest BCUT2D eigenvalue weighted by Gasteiger charge is -2.09. The fourth-order valence-corrected chi connectivity index (χ4v) is 6.94. The predicted molar refractivity (Wildman–Crippen MR) is 131 cm³/mol. The Morgan fingerprint density at radius 3 is 3.00 bits per heavy atom. The Morgan fingerprint density at radius 1 is 1.23 bits per heavy atom. The molecule has 0 aliphatic heterocycles. The summed E-state index contributed by atoms with van der Waals surface area (Å²) >= 11 is 4.76. The SMILES string of the molecule is Cc1ccc2nc(NC(=O)CCSCc3nc4sc5c(c4c(=O)[nH]3)CCCC5)sc2c1. The first-order valence-corrected chi connectivity index (χ1v) is 13.1. The maximum absolute atomic E-state index is 12.6. The molecule has 1 aromatic carbocycles. The number of anilines is 1. The van der Waals surface area contributed by atoms with Crippen molar-refractivity contribution in [3.8, 4) is 0 Å². The lowest BCUT2D eigenvalue weighted by Crippen LogP contribution is -2.13. The van der Waals surface area contributed by atoms with Crippen LogP contribution in [0.3, 0.4) is 0 Å². The van der Waals surface area contributed by atoms with Crippen LogP contribution in [0.1, 0.15) is 41.1 Å². The van der Waals surface area contributed by atoms with Crippen LogP contribution in [0.15, 0.2) is 23.0 Å². The number of thiazole rings is 1. The number of H-pyrrole nitrogens is 1. The Morgan fingerprint density at radius 2 is 2.10 bits per heavy atom. The number of benzene rings is 1. The lowest BCUT2D eigenvalue weighted by atomic mass is 9.97. The van der Waals surface area contributed by atoms with Crippen molar-refractivity contribution in [1.82, 2.24) is 15.0 Å². The minimum absolute atomic E-state index is 0.0242. The Hall–Kier alpha value is -2.23. The summed E-state index contributed by atoms with van der Waals surface area (Å²) in [7, 11) is 0. The number of fused-ring (bicyclic) bond motifs is 4. The zero-order chi connectivity index (χ0) is 21.4. The number of nitrogens with one attached hydrogen (secondary N) is 2. The van der Waals surface area contributed by atoms with Crippen molar-refractivity contribution in [2.75, 3.05) is 11.1 Å². The number of nitrogens with zero attached hydrogens (tertiary/aromatic N) is 2. The second kappa shape index (κ2) is 8.72. The highest BCUT2D eigenvalue weighted by Crippen LogP contribution is 2.33. The molecule has 0 atom stereocenters. The van der Waals surface area contributed by atoms with Gasteiger partial charge in [-0.05, 0) is 55.9 Å². The second-order valence-corrected chi connectivity index (χ2v) is 11.0. The Kier molecular flexibility index (Phi) is 5.81. The van der Waals surface area contributed by atoms with E-state index in [1.54, 1.807) is 23.1 Å². The van der Waals surface area contributed by atoms with Crippen LogP contribution in [-0.4, -0.2) is 26.6 Å². The molecule has 0 bridgehead atoms. The fraction of sp³-hybridized carbons (Fsp3) is 0.364. The highest BCUT2D eigenvalue weighted by Gasteiger charge is 2.19. The molecule has 5 rings (SSSR count). The van der Waals surface area contributed by atoms with Gasteiger partial charge >= 0.3 is 0 Å². The van der Waals surface area contributed by atoms with Gasteiger partial charge < -0.3 is 10.3 Å². The monoisotopic (exact) mass is 470 g/mol. The maximum Gasteiger partial charge on any atom is 0.259 e. The number of aromatic nitrogens is 3. The molecule has 2 N–H and O–H groups in total. The second-order valence-electron chi connectivity index (χ2n) is 7.74. The van der Waals surface area contributed by atoms with E-state index in [0.29, 0.717) is 28.9 Å². The molecule has 3 aromatic heterocycles. The summed E-state index contributed by atoms with van der Waals surface area (Å²) in [6.45, 7) is 2.04. The standard InChI is InChI=1S/C22H22N4O2S3/c1-12-6-7-14-16(10-12)31-22(23-14)26-18(27)8-9-29-11-17-24-20(28)19-13-4-2-3-5-15(13)30-21(19)25-17/h6-7,10H,2-5,8-9,11H2,1H3,(H,23,26,27)(H,24,25,28). The molecule has 31 heavy (non-hydrogen) atoms. The summed E-state index contributed by atoms with van der Waals surface area (Å²) in [4.78, 5) is 39.2. The summed E-state index contributed by atoms with van der Waals surface area (Å²) in [5.41, 5.74) is 3.27. The fourth-order valence-electron chi connectivity index (χ4n) is 3.88. The number of thiophene rings is 1. The van der Waals surface area contributed by atoms with E-state index in [1.807, 2.05) is 19.1 Å². The first-order chi connectivity index (χ1) is 15.1. The van der Waals surface area contributed by atoms with E-state index in [-0.39, 0.29) is 11.5 Å². The number of carbonyl (C=O) groups is 1. The van der Waals surface area contributed by atoms with E-state index in [4.69, 9.17) is 4.98 Å². The van der Waals surface area contributed by atoms with Crippen molar-refractivity contribution in [2.45, 2.75) is 44.8 Å². The predicted octanol–water partition coefficient (Wildman–Crippen LogP) is 5.04. The molecule has 4 aromatic rings. The third-order valence-electron chi connectivity index (χ3n) is 5.38. The zero-order valence-corrected chi connectivity index (χ0v) is 19.6. The molecule has 0 saturated heterocycles. The van der Waals surface area contributed by atoms with Crippen LogP contribution in [-0.2, 0) is 23.4 Å². The third-order valence-corrected chi connectivity index (χ3v) is 8.47. The summed E-state index contributed by atoms with van der Waals surface area (Å²) in [5, 5.41) is 4.32. The molecule has 0 spiro atoms. The van der Waals surface area contributed by atoms with E-state index in [2.05, 4.69) is 21.4 Å². The molecular formula is C22H22N4O2S3. The molecule has 0 radical (unpaired) electrons. The average Bonchev–Trinajstić information content (AvgIpc) is 3.31. The van der Waals surface area contributed by atoms with Crippen LogP contribution in [0.2, 0.25) is 0 Å².